The second-order valence-electron chi connectivity index (χ2n) is 5.09. The number of nitrogens with one attached hydrogen (secondary N) is 1. The van der Waals surface area contributed by atoms with Gasteiger partial charge in [-0.2, -0.15) is 0 Å². The first-order chi connectivity index (χ1) is 8.59. The van der Waals surface area contributed by atoms with E-state index in [4.69, 9.17) is 0 Å². The number of unbranched alkanes of at least 4 members (excludes halogenated alkanes) is 1. The van der Waals surface area contributed by atoms with E-state index in [-0.39, 0.29) is 5.82 Å². The number of rotatable bonds is 8. The van der Waals surface area contributed by atoms with E-state index in [1.807, 2.05) is 6.07 Å². The van der Waals surface area contributed by atoms with Crippen molar-refractivity contribution >= 4 is 0 Å². The molecule has 0 spiro atoms. The Morgan fingerprint density at radius 3 is 2.72 bits per heavy atom. The topological polar surface area (TPSA) is 15.3 Å². The lowest BCUT2D eigenvalue weighted by atomic mass is 10.2. The highest BCUT2D eigenvalue weighted by atomic mass is 19.1. The van der Waals surface area contributed by atoms with Gasteiger partial charge in [-0.25, -0.2) is 4.39 Å². The van der Waals surface area contributed by atoms with E-state index in [0.29, 0.717) is 6.04 Å². The zero-order valence-corrected chi connectivity index (χ0v) is 11.7. The fraction of sp³-hybridized carbons (Fsp3) is 0.600. The van der Waals surface area contributed by atoms with Crippen molar-refractivity contribution in [1.29, 1.82) is 0 Å². The first-order valence-electron chi connectivity index (χ1n) is 6.75. The van der Waals surface area contributed by atoms with Crippen LogP contribution in [0.2, 0.25) is 0 Å². The van der Waals surface area contributed by atoms with E-state index in [1.54, 1.807) is 12.1 Å². The van der Waals surface area contributed by atoms with Gasteiger partial charge in [-0.05, 0) is 64.5 Å². The highest BCUT2D eigenvalue weighted by Gasteiger charge is 2.01. The number of hydrogen-bond acceptors (Lipinski definition) is 2. The van der Waals surface area contributed by atoms with Crippen molar-refractivity contribution in [3.8, 4) is 0 Å². The average Bonchev–Trinajstić information content (AvgIpc) is 2.33. The van der Waals surface area contributed by atoms with Gasteiger partial charge in [0, 0.05) is 12.6 Å². The van der Waals surface area contributed by atoms with Gasteiger partial charge in [0.2, 0.25) is 0 Å². The molecule has 2 nitrogen and oxygen atoms in total. The molecule has 0 amide bonds. The van der Waals surface area contributed by atoms with Gasteiger partial charge in [-0.1, -0.05) is 12.1 Å². The first kappa shape index (κ1) is 15.1. The monoisotopic (exact) mass is 252 g/mol. The van der Waals surface area contributed by atoms with Gasteiger partial charge in [-0.3, -0.25) is 0 Å². The average molecular weight is 252 g/mol. The molecule has 1 N–H and O–H groups in total. The fourth-order valence-electron chi connectivity index (χ4n) is 1.75. The van der Waals surface area contributed by atoms with Crippen LogP contribution in [0.15, 0.2) is 24.3 Å². The Balaban J connectivity index is 2.05. The second kappa shape index (κ2) is 8.22. The molecule has 18 heavy (non-hydrogen) atoms. The van der Waals surface area contributed by atoms with Crippen LogP contribution in [0.1, 0.15) is 32.3 Å². The van der Waals surface area contributed by atoms with Crippen molar-refractivity contribution in [2.75, 3.05) is 20.1 Å². The molecule has 0 aliphatic carbocycles. The highest BCUT2D eigenvalue weighted by molar-refractivity contribution is 5.15. The third-order valence-electron chi connectivity index (χ3n) is 3.21. The zero-order chi connectivity index (χ0) is 13.4. The molecule has 3 heteroatoms. The molecule has 0 aromatic heterocycles. The maximum Gasteiger partial charge on any atom is 0.123 e. The largest absolute Gasteiger partial charge is 0.313 e. The summed E-state index contributed by atoms with van der Waals surface area (Å²) < 4.78 is 12.9. The van der Waals surface area contributed by atoms with Gasteiger partial charge >= 0.3 is 0 Å². The predicted molar refractivity (Wildman–Crippen MR) is 75.1 cm³/mol. The van der Waals surface area contributed by atoms with Crippen LogP contribution >= 0.6 is 0 Å². The van der Waals surface area contributed by atoms with E-state index in [0.717, 1.165) is 31.6 Å². The summed E-state index contributed by atoms with van der Waals surface area (Å²) in [5.74, 6) is -0.159. The minimum absolute atomic E-state index is 0.159. The van der Waals surface area contributed by atoms with E-state index >= 15 is 0 Å². The SMILES string of the molecule is CC(C)N(C)CCCCNCc1cccc(F)c1. The van der Waals surface area contributed by atoms with Gasteiger partial charge in [0.25, 0.3) is 0 Å². The van der Waals surface area contributed by atoms with Crippen molar-refractivity contribution in [3.05, 3.63) is 35.6 Å². The van der Waals surface area contributed by atoms with E-state index in [2.05, 4.69) is 31.1 Å². The molecule has 0 saturated heterocycles. The van der Waals surface area contributed by atoms with Crippen LogP contribution in [0, 0.1) is 5.82 Å². The lowest BCUT2D eigenvalue weighted by molar-refractivity contribution is 0.268. The van der Waals surface area contributed by atoms with Crippen LogP contribution in [-0.2, 0) is 6.54 Å². The first-order valence-corrected chi connectivity index (χ1v) is 6.75. The molecule has 0 radical (unpaired) electrons. The van der Waals surface area contributed by atoms with Crippen molar-refractivity contribution in [2.45, 2.75) is 39.3 Å². The number of hydrogen-bond donors (Lipinski definition) is 1. The third-order valence-corrected chi connectivity index (χ3v) is 3.21. The normalized spacial score (nSPS) is 11.4. The standard InChI is InChI=1S/C15H25FN2/c1-13(2)18(3)10-5-4-9-17-12-14-7-6-8-15(16)11-14/h6-8,11,13,17H,4-5,9-10,12H2,1-3H3. The molecular weight excluding hydrogens is 227 g/mol. The molecular formula is C15H25FN2. The second-order valence-corrected chi connectivity index (χ2v) is 5.09. The molecule has 0 fully saturated rings. The van der Waals surface area contributed by atoms with Gasteiger partial charge in [0.1, 0.15) is 5.82 Å². The van der Waals surface area contributed by atoms with E-state index in [1.165, 1.54) is 12.5 Å². The lowest BCUT2D eigenvalue weighted by Gasteiger charge is -2.20. The molecule has 0 unspecified atom stereocenters. The predicted octanol–water partition coefficient (Wildman–Crippen LogP) is 3.04. The quantitative estimate of drug-likeness (QED) is 0.715. The smallest absolute Gasteiger partial charge is 0.123 e. The Morgan fingerprint density at radius 2 is 2.06 bits per heavy atom. The summed E-state index contributed by atoms with van der Waals surface area (Å²) in [7, 11) is 2.16. The Labute approximate surface area is 110 Å². The van der Waals surface area contributed by atoms with Crippen molar-refractivity contribution in [1.82, 2.24) is 10.2 Å². The zero-order valence-electron chi connectivity index (χ0n) is 11.7. The summed E-state index contributed by atoms with van der Waals surface area (Å²) in [5, 5.41) is 3.35. The van der Waals surface area contributed by atoms with Crippen LogP contribution in [-0.4, -0.2) is 31.1 Å². The summed E-state index contributed by atoms with van der Waals surface area (Å²) in [6, 6.07) is 7.38. The molecule has 0 aliphatic rings. The van der Waals surface area contributed by atoms with Crippen molar-refractivity contribution in [2.24, 2.45) is 0 Å². The maximum atomic E-state index is 12.9. The molecule has 0 bridgehead atoms. The summed E-state index contributed by atoms with van der Waals surface area (Å²) in [6.45, 7) is 7.30. The number of nitrogens with zero attached hydrogens (tertiary/aromatic N) is 1. The van der Waals surface area contributed by atoms with Crippen LogP contribution in [0.5, 0.6) is 0 Å². The number of halogens is 1. The van der Waals surface area contributed by atoms with Crippen molar-refractivity contribution < 1.29 is 4.39 Å². The molecule has 1 aromatic carbocycles. The van der Waals surface area contributed by atoms with Gasteiger partial charge in [0.15, 0.2) is 0 Å². The third kappa shape index (κ3) is 6.12. The van der Waals surface area contributed by atoms with Crippen LogP contribution < -0.4 is 5.32 Å². The summed E-state index contributed by atoms with van der Waals surface area (Å²) in [4.78, 5) is 2.35. The summed E-state index contributed by atoms with van der Waals surface area (Å²) in [6.07, 6.45) is 2.36. The molecule has 0 saturated carbocycles. The molecule has 0 aliphatic heterocycles. The number of benzene rings is 1. The summed E-state index contributed by atoms with van der Waals surface area (Å²) >= 11 is 0. The molecule has 0 atom stereocenters. The molecule has 102 valence electrons. The minimum Gasteiger partial charge on any atom is -0.313 e. The minimum atomic E-state index is -0.159. The fourth-order valence-corrected chi connectivity index (χ4v) is 1.75. The van der Waals surface area contributed by atoms with Gasteiger partial charge in [-0.15, -0.1) is 0 Å². The van der Waals surface area contributed by atoms with Crippen LogP contribution in [0.4, 0.5) is 4.39 Å². The van der Waals surface area contributed by atoms with Gasteiger partial charge < -0.3 is 10.2 Å². The maximum absolute atomic E-state index is 12.9. The Kier molecular flexibility index (Phi) is 6.91. The Morgan fingerprint density at radius 1 is 1.28 bits per heavy atom. The van der Waals surface area contributed by atoms with Crippen LogP contribution in [0.3, 0.4) is 0 Å². The molecule has 1 rings (SSSR count). The van der Waals surface area contributed by atoms with Crippen LogP contribution in [0.25, 0.3) is 0 Å². The highest BCUT2D eigenvalue weighted by Crippen LogP contribution is 2.03. The Hall–Kier alpha value is -0.930. The van der Waals surface area contributed by atoms with Gasteiger partial charge in [0.05, 0.1) is 0 Å². The van der Waals surface area contributed by atoms with E-state index < -0.39 is 0 Å². The van der Waals surface area contributed by atoms with Crippen molar-refractivity contribution in [3.63, 3.8) is 0 Å². The summed E-state index contributed by atoms with van der Waals surface area (Å²) in [5.41, 5.74) is 1.01. The van der Waals surface area contributed by atoms with E-state index in [9.17, 15) is 4.39 Å². The lowest BCUT2D eigenvalue weighted by Crippen LogP contribution is -2.27. The molecule has 0 heterocycles. The Bertz CT molecular complexity index is 339. The molecule has 1 aromatic rings.